The van der Waals surface area contributed by atoms with Crippen LogP contribution < -0.4 is 5.32 Å². The van der Waals surface area contributed by atoms with Gasteiger partial charge in [-0.05, 0) is 36.6 Å². The Morgan fingerprint density at radius 2 is 1.74 bits per heavy atom. The third-order valence-electron chi connectivity index (χ3n) is 3.99. The van der Waals surface area contributed by atoms with E-state index in [2.05, 4.69) is 5.32 Å². The number of carbonyl (C=O) groups is 1. The first-order valence-electron chi connectivity index (χ1n) is 6.94. The summed E-state index contributed by atoms with van der Waals surface area (Å²) >= 11 is 11.8. The van der Waals surface area contributed by atoms with E-state index in [9.17, 15) is 14.9 Å². The van der Waals surface area contributed by atoms with Gasteiger partial charge in [0.15, 0.2) is 0 Å². The van der Waals surface area contributed by atoms with Crippen LogP contribution in [0.2, 0.25) is 10.0 Å². The maximum absolute atomic E-state index is 12.6. The zero-order chi connectivity index (χ0) is 16.6. The van der Waals surface area contributed by atoms with Crippen LogP contribution in [0.3, 0.4) is 0 Å². The Balaban J connectivity index is 1.80. The van der Waals surface area contributed by atoms with Crippen LogP contribution in [-0.4, -0.2) is 10.8 Å². The molecule has 7 heteroatoms. The fourth-order valence-corrected chi connectivity index (χ4v) is 2.80. The Hall–Kier alpha value is -2.11. The first-order chi connectivity index (χ1) is 10.9. The molecule has 0 heterocycles. The lowest BCUT2D eigenvalue weighted by molar-refractivity contribution is -0.384. The Labute approximate surface area is 142 Å². The van der Waals surface area contributed by atoms with Crippen molar-refractivity contribution >= 4 is 40.5 Å². The summed E-state index contributed by atoms with van der Waals surface area (Å²) in [7, 11) is 0. The maximum Gasteiger partial charge on any atom is 0.269 e. The third-order valence-corrected chi connectivity index (χ3v) is 4.73. The molecule has 118 valence electrons. The van der Waals surface area contributed by atoms with Crippen molar-refractivity contribution in [3.05, 3.63) is 68.2 Å². The molecule has 1 fully saturated rings. The van der Waals surface area contributed by atoms with Crippen LogP contribution in [-0.2, 0) is 10.2 Å². The average Bonchev–Trinajstić information content (AvgIpc) is 3.33. The van der Waals surface area contributed by atoms with Gasteiger partial charge in [-0.3, -0.25) is 14.9 Å². The third kappa shape index (κ3) is 3.02. The average molecular weight is 351 g/mol. The second-order valence-electron chi connectivity index (χ2n) is 5.47. The lowest BCUT2D eigenvalue weighted by Gasteiger charge is -2.16. The van der Waals surface area contributed by atoms with Crippen LogP contribution >= 0.6 is 23.2 Å². The summed E-state index contributed by atoms with van der Waals surface area (Å²) in [5.74, 6) is -0.148. The number of hydrogen-bond acceptors (Lipinski definition) is 3. The molecule has 1 saturated carbocycles. The van der Waals surface area contributed by atoms with Crippen LogP contribution in [0.4, 0.5) is 11.4 Å². The van der Waals surface area contributed by atoms with Crippen LogP contribution in [0, 0.1) is 10.1 Å². The first-order valence-corrected chi connectivity index (χ1v) is 7.69. The minimum atomic E-state index is -0.624. The lowest BCUT2D eigenvalue weighted by Crippen LogP contribution is -2.27. The van der Waals surface area contributed by atoms with E-state index in [0.29, 0.717) is 28.6 Å². The van der Waals surface area contributed by atoms with Crippen LogP contribution in [0.1, 0.15) is 18.4 Å². The number of benzene rings is 2. The molecule has 1 N–H and O–H groups in total. The number of nitro benzene ring substituents is 1. The predicted octanol–water partition coefficient (Wildman–Crippen LogP) is 4.57. The molecular weight excluding hydrogens is 339 g/mol. The Morgan fingerprint density at radius 3 is 2.26 bits per heavy atom. The standard InChI is InChI=1S/C16H12Cl2N2O3/c17-13-6-3-11(9-14(13)18)19-15(21)16(7-8-16)10-1-4-12(5-2-10)20(22)23/h1-6,9H,7-8H2,(H,19,21). The fraction of sp³-hybridized carbons (Fsp3) is 0.188. The van der Waals surface area contributed by atoms with Crippen molar-refractivity contribution in [1.29, 1.82) is 0 Å². The quantitative estimate of drug-likeness (QED) is 0.648. The number of anilines is 1. The van der Waals surface area contributed by atoms with E-state index in [1.807, 2.05) is 0 Å². The van der Waals surface area contributed by atoms with Gasteiger partial charge in [0.1, 0.15) is 0 Å². The minimum absolute atomic E-state index is 0.00874. The molecule has 0 unspecified atom stereocenters. The number of rotatable bonds is 4. The van der Waals surface area contributed by atoms with Crippen molar-refractivity contribution in [2.75, 3.05) is 5.32 Å². The molecule has 0 aromatic heterocycles. The van der Waals surface area contributed by atoms with E-state index < -0.39 is 10.3 Å². The molecule has 0 radical (unpaired) electrons. The summed E-state index contributed by atoms with van der Waals surface area (Å²) in [6.45, 7) is 0. The molecule has 2 aromatic carbocycles. The van der Waals surface area contributed by atoms with Crippen molar-refractivity contribution in [2.45, 2.75) is 18.3 Å². The second kappa shape index (κ2) is 5.83. The number of amides is 1. The molecule has 0 spiro atoms. The number of halogens is 2. The molecule has 0 atom stereocenters. The summed E-state index contributed by atoms with van der Waals surface area (Å²) in [6.07, 6.45) is 1.41. The van der Waals surface area contributed by atoms with Crippen LogP contribution in [0.25, 0.3) is 0 Å². The summed E-state index contributed by atoms with van der Waals surface area (Å²) in [5, 5.41) is 14.3. The molecule has 0 bridgehead atoms. The molecule has 1 aliphatic rings. The van der Waals surface area contributed by atoms with Gasteiger partial charge >= 0.3 is 0 Å². The van der Waals surface area contributed by atoms with Crippen LogP contribution in [0.15, 0.2) is 42.5 Å². The molecule has 0 aliphatic heterocycles. The minimum Gasteiger partial charge on any atom is -0.325 e. The highest BCUT2D eigenvalue weighted by Gasteiger charge is 2.51. The van der Waals surface area contributed by atoms with Gasteiger partial charge in [0.05, 0.1) is 20.4 Å². The number of hydrogen-bond donors (Lipinski definition) is 1. The van der Waals surface area contributed by atoms with Gasteiger partial charge < -0.3 is 5.32 Å². The smallest absolute Gasteiger partial charge is 0.269 e. The molecule has 23 heavy (non-hydrogen) atoms. The van der Waals surface area contributed by atoms with E-state index in [0.717, 1.165) is 5.56 Å². The highest BCUT2D eigenvalue weighted by molar-refractivity contribution is 6.42. The number of nitrogens with zero attached hydrogens (tertiary/aromatic N) is 1. The number of carbonyl (C=O) groups excluding carboxylic acids is 1. The summed E-state index contributed by atoms with van der Waals surface area (Å²) in [4.78, 5) is 22.8. The molecule has 1 amide bonds. The first kappa shape index (κ1) is 15.8. The van der Waals surface area contributed by atoms with Gasteiger partial charge in [0.2, 0.25) is 5.91 Å². The molecule has 5 nitrogen and oxygen atoms in total. The van der Waals surface area contributed by atoms with Crippen molar-refractivity contribution in [2.24, 2.45) is 0 Å². The normalized spacial score (nSPS) is 15.0. The van der Waals surface area contributed by atoms with E-state index >= 15 is 0 Å². The SMILES string of the molecule is O=C(Nc1ccc(Cl)c(Cl)c1)C1(c2ccc([N+](=O)[O-])cc2)CC1. The van der Waals surface area contributed by atoms with E-state index in [-0.39, 0.29) is 11.6 Å². The molecule has 2 aromatic rings. The topological polar surface area (TPSA) is 72.2 Å². The van der Waals surface area contributed by atoms with Gasteiger partial charge in [-0.25, -0.2) is 0 Å². The summed E-state index contributed by atoms with van der Waals surface area (Å²) in [5.41, 5.74) is 0.731. The van der Waals surface area contributed by atoms with Crippen molar-refractivity contribution < 1.29 is 9.72 Å². The summed E-state index contributed by atoms with van der Waals surface area (Å²) in [6, 6.07) is 11.0. The zero-order valence-corrected chi connectivity index (χ0v) is 13.4. The number of nitro groups is 1. The van der Waals surface area contributed by atoms with E-state index in [1.54, 1.807) is 30.3 Å². The van der Waals surface area contributed by atoms with Gasteiger partial charge in [0.25, 0.3) is 5.69 Å². The van der Waals surface area contributed by atoms with Crippen molar-refractivity contribution in [1.82, 2.24) is 0 Å². The number of non-ortho nitro benzene ring substituents is 1. The van der Waals surface area contributed by atoms with Gasteiger partial charge in [0, 0.05) is 17.8 Å². The lowest BCUT2D eigenvalue weighted by atomic mass is 9.94. The van der Waals surface area contributed by atoms with Crippen LogP contribution in [0.5, 0.6) is 0 Å². The molecular formula is C16H12Cl2N2O3. The molecule has 3 rings (SSSR count). The molecule has 0 saturated heterocycles. The highest BCUT2D eigenvalue weighted by Crippen LogP contribution is 2.49. The largest absolute Gasteiger partial charge is 0.325 e. The number of nitrogens with one attached hydrogen (secondary N) is 1. The highest BCUT2D eigenvalue weighted by atomic mass is 35.5. The fourth-order valence-electron chi connectivity index (χ4n) is 2.50. The Morgan fingerprint density at radius 1 is 1.09 bits per heavy atom. The maximum atomic E-state index is 12.6. The summed E-state index contributed by atoms with van der Waals surface area (Å²) < 4.78 is 0. The predicted molar refractivity (Wildman–Crippen MR) is 89.1 cm³/mol. The van der Waals surface area contributed by atoms with E-state index in [4.69, 9.17) is 23.2 Å². The zero-order valence-electron chi connectivity index (χ0n) is 11.9. The van der Waals surface area contributed by atoms with Crippen molar-refractivity contribution in [3.63, 3.8) is 0 Å². The van der Waals surface area contributed by atoms with Gasteiger partial charge in [-0.2, -0.15) is 0 Å². The monoisotopic (exact) mass is 350 g/mol. The van der Waals surface area contributed by atoms with Gasteiger partial charge in [-0.15, -0.1) is 0 Å². The Kier molecular flexibility index (Phi) is 4.00. The van der Waals surface area contributed by atoms with Gasteiger partial charge in [-0.1, -0.05) is 35.3 Å². The van der Waals surface area contributed by atoms with Crippen molar-refractivity contribution in [3.8, 4) is 0 Å². The Bertz CT molecular complexity index is 786. The molecule has 1 aliphatic carbocycles. The van der Waals surface area contributed by atoms with E-state index in [1.165, 1.54) is 12.1 Å². The second-order valence-corrected chi connectivity index (χ2v) is 6.28.